The molecule has 0 fully saturated rings. The van der Waals surface area contributed by atoms with Crippen LogP contribution in [0.3, 0.4) is 0 Å². The summed E-state index contributed by atoms with van der Waals surface area (Å²) in [5, 5.41) is 2.94. The van der Waals surface area contributed by atoms with E-state index in [2.05, 4.69) is 12.2 Å². The Balaban J connectivity index is 1.87. The summed E-state index contributed by atoms with van der Waals surface area (Å²) in [6, 6.07) is 17.3. The van der Waals surface area contributed by atoms with E-state index in [9.17, 15) is 4.79 Å². The van der Waals surface area contributed by atoms with Gasteiger partial charge in [-0.1, -0.05) is 56.2 Å². The van der Waals surface area contributed by atoms with Crippen LogP contribution >= 0.6 is 0 Å². The standard InChI is InChI=1S/C19H23NO2/c1-2-3-7-13-20-19(21)17-11-8-12-18(14-17)22-15-16-9-5-4-6-10-16/h4-6,8-12,14H,2-3,7,13,15H2,1H3,(H,20,21). The van der Waals surface area contributed by atoms with E-state index in [4.69, 9.17) is 4.74 Å². The Labute approximate surface area is 132 Å². The number of rotatable bonds is 8. The maximum atomic E-state index is 12.1. The van der Waals surface area contributed by atoms with E-state index in [1.54, 1.807) is 6.07 Å². The summed E-state index contributed by atoms with van der Waals surface area (Å²) in [5.41, 5.74) is 1.75. The number of hydrogen-bond donors (Lipinski definition) is 1. The summed E-state index contributed by atoms with van der Waals surface area (Å²) in [6.07, 6.45) is 3.31. The van der Waals surface area contributed by atoms with Crippen molar-refractivity contribution in [3.8, 4) is 5.75 Å². The minimum Gasteiger partial charge on any atom is -0.489 e. The van der Waals surface area contributed by atoms with Crippen molar-refractivity contribution in [1.29, 1.82) is 0 Å². The summed E-state index contributed by atoms with van der Waals surface area (Å²) in [7, 11) is 0. The Morgan fingerprint density at radius 1 is 1.05 bits per heavy atom. The number of carbonyl (C=O) groups excluding carboxylic acids is 1. The molecule has 3 nitrogen and oxygen atoms in total. The Morgan fingerprint density at radius 2 is 1.86 bits per heavy atom. The van der Waals surface area contributed by atoms with Crippen molar-refractivity contribution in [3.05, 3.63) is 65.7 Å². The molecule has 0 aliphatic rings. The van der Waals surface area contributed by atoms with Gasteiger partial charge in [-0.25, -0.2) is 0 Å². The second-order valence-corrected chi connectivity index (χ2v) is 5.27. The van der Waals surface area contributed by atoms with Crippen LogP contribution in [0.1, 0.15) is 42.1 Å². The number of ether oxygens (including phenoxy) is 1. The fourth-order valence-corrected chi connectivity index (χ4v) is 2.15. The molecule has 0 aliphatic carbocycles. The number of hydrogen-bond acceptors (Lipinski definition) is 2. The predicted octanol–water partition coefficient (Wildman–Crippen LogP) is 4.19. The van der Waals surface area contributed by atoms with Crippen LogP contribution in [0.5, 0.6) is 5.75 Å². The highest BCUT2D eigenvalue weighted by molar-refractivity contribution is 5.94. The van der Waals surface area contributed by atoms with Crippen molar-refractivity contribution in [1.82, 2.24) is 5.32 Å². The van der Waals surface area contributed by atoms with Gasteiger partial charge in [-0.05, 0) is 30.2 Å². The number of nitrogens with one attached hydrogen (secondary N) is 1. The molecule has 116 valence electrons. The van der Waals surface area contributed by atoms with Crippen LogP contribution in [0, 0.1) is 0 Å². The van der Waals surface area contributed by atoms with Crippen LogP contribution in [-0.2, 0) is 6.61 Å². The van der Waals surface area contributed by atoms with Crippen molar-refractivity contribution in [2.75, 3.05) is 6.54 Å². The summed E-state index contributed by atoms with van der Waals surface area (Å²) < 4.78 is 5.75. The molecule has 0 spiro atoms. The van der Waals surface area contributed by atoms with Crippen molar-refractivity contribution in [3.63, 3.8) is 0 Å². The molecule has 0 radical (unpaired) electrons. The van der Waals surface area contributed by atoms with Gasteiger partial charge in [0.05, 0.1) is 0 Å². The minimum absolute atomic E-state index is 0.0405. The van der Waals surface area contributed by atoms with Gasteiger partial charge >= 0.3 is 0 Å². The van der Waals surface area contributed by atoms with Gasteiger partial charge in [0.15, 0.2) is 0 Å². The second kappa shape index (κ2) is 8.88. The van der Waals surface area contributed by atoms with Crippen molar-refractivity contribution in [2.24, 2.45) is 0 Å². The average Bonchev–Trinajstić information content (AvgIpc) is 2.58. The molecular weight excluding hydrogens is 274 g/mol. The molecule has 0 saturated carbocycles. The molecule has 0 saturated heterocycles. The molecule has 1 amide bonds. The molecule has 0 aliphatic heterocycles. The van der Waals surface area contributed by atoms with Gasteiger partial charge in [0, 0.05) is 12.1 Å². The zero-order valence-electron chi connectivity index (χ0n) is 13.0. The maximum Gasteiger partial charge on any atom is 0.251 e. The van der Waals surface area contributed by atoms with Gasteiger partial charge in [0.25, 0.3) is 5.91 Å². The fourth-order valence-electron chi connectivity index (χ4n) is 2.15. The van der Waals surface area contributed by atoms with E-state index in [1.165, 1.54) is 0 Å². The molecule has 1 N–H and O–H groups in total. The molecule has 22 heavy (non-hydrogen) atoms. The first-order chi connectivity index (χ1) is 10.8. The molecular formula is C19H23NO2. The van der Waals surface area contributed by atoms with Crippen LogP contribution in [0.2, 0.25) is 0 Å². The van der Waals surface area contributed by atoms with E-state index in [-0.39, 0.29) is 5.91 Å². The smallest absolute Gasteiger partial charge is 0.251 e. The lowest BCUT2D eigenvalue weighted by atomic mass is 10.2. The highest BCUT2D eigenvalue weighted by atomic mass is 16.5. The zero-order chi connectivity index (χ0) is 15.6. The molecule has 0 atom stereocenters. The van der Waals surface area contributed by atoms with Gasteiger partial charge in [-0.15, -0.1) is 0 Å². The molecule has 2 rings (SSSR count). The van der Waals surface area contributed by atoms with Crippen LogP contribution in [0.15, 0.2) is 54.6 Å². The number of unbranched alkanes of at least 4 members (excludes halogenated alkanes) is 2. The quantitative estimate of drug-likeness (QED) is 0.742. The van der Waals surface area contributed by atoms with E-state index in [1.807, 2.05) is 48.5 Å². The van der Waals surface area contributed by atoms with Crippen molar-refractivity contribution < 1.29 is 9.53 Å². The van der Waals surface area contributed by atoms with Crippen molar-refractivity contribution >= 4 is 5.91 Å². The summed E-state index contributed by atoms with van der Waals surface area (Å²) in [6.45, 7) is 3.37. The summed E-state index contributed by atoms with van der Waals surface area (Å²) in [4.78, 5) is 12.1. The van der Waals surface area contributed by atoms with Crippen LogP contribution in [0.25, 0.3) is 0 Å². The number of amides is 1. The first-order valence-electron chi connectivity index (χ1n) is 7.84. The fraction of sp³-hybridized carbons (Fsp3) is 0.316. The largest absolute Gasteiger partial charge is 0.489 e. The monoisotopic (exact) mass is 297 g/mol. The van der Waals surface area contributed by atoms with Gasteiger partial charge in [-0.3, -0.25) is 4.79 Å². The zero-order valence-corrected chi connectivity index (χ0v) is 13.0. The molecule has 2 aromatic rings. The predicted molar refractivity (Wildman–Crippen MR) is 89.1 cm³/mol. The normalized spacial score (nSPS) is 10.2. The molecule has 0 heterocycles. The average molecular weight is 297 g/mol. The molecule has 0 aromatic heterocycles. The first kappa shape index (κ1) is 16.1. The lowest BCUT2D eigenvalue weighted by molar-refractivity contribution is 0.0952. The molecule has 0 bridgehead atoms. The third kappa shape index (κ3) is 5.24. The van der Waals surface area contributed by atoms with E-state index < -0.39 is 0 Å². The Morgan fingerprint density at radius 3 is 2.64 bits per heavy atom. The van der Waals surface area contributed by atoms with Gasteiger partial charge in [0.2, 0.25) is 0 Å². The highest BCUT2D eigenvalue weighted by Crippen LogP contribution is 2.15. The topological polar surface area (TPSA) is 38.3 Å². The van der Waals surface area contributed by atoms with Crippen molar-refractivity contribution in [2.45, 2.75) is 32.8 Å². The molecule has 2 aromatic carbocycles. The third-order valence-electron chi connectivity index (χ3n) is 3.41. The van der Waals surface area contributed by atoms with Gasteiger partial charge in [-0.2, -0.15) is 0 Å². The first-order valence-corrected chi connectivity index (χ1v) is 7.84. The Bertz CT molecular complexity index is 581. The van der Waals surface area contributed by atoms with E-state index in [0.717, 1.165) is 31.4 Å². The highest BCUT2D eigenvalue weighted by Gasteiger charge is 2.06. The van der Waals surface area contributed by atoms with Crippen LogP contribution in [0.4, 0.5) is 0 Å². The lowest BCUT2D eigenvalue weighted by Gasteiger charge is -2.09. The summed E-state index contributed by atoms with van der Waals surface area (Å²) >= 11 is 0. The third-order valence-corrected chi connectivity index (χ3v) is 3.41. The summed E-state index contributed by atoms with van der Waals surface area (Å²) in [5.74, 6) is 0.673. The van der Waals surface area contributed by atoms with E-state index >= 15 is 0 Å². The second-order valence-electron chi connectivity index (χ2n) is 5.27. The van der Waals surface area contributed by atoms with E-state index in [0.29, 0.717) is 17.9 Å². The lowest BCUT2D eigenvalue weighted by Crippen LogP contribution is -2.24. The SMILES string of the molecule is CCCCCNC(=O)c1cccc(OCc2ccccc2)c1. The van der Waals surface area contributed by atoms with Gasteiger partial charge < -0.3 is 10.1 Å². The number of carbonyl (C=O) groups is 1. The van der Waals surface area contributed by atoms with Crippen LogP contribution in [-0.4, -0.2) is 12.5 Å². The minimum atomic E-state index is -0.0405. The van der Waals surface area contributed by atoms with Gasteiger partial charge in [0.1, 0.15) is 12.4 Å². The molecule has 3 heteroatoms. The number of benzene rings is 2. The Hall–Kier alpha value is -2.29. The maximum absolute atomic E-state index is 12.1. The Kier molecular flexibility index (Phi) is 6.49. The molecule has 0 unspecified atom stereocenters. The van der Waals surface area contributed by atoms with Crippen LogP contribution < -0.4 is 10.1 Å².